The molecular formula is C53H58N10O7S. The number of carbonyl (C=O) groups excluding carboxylic acids is 5. The Hall–Kier alpha value is -6.76. The van der Waals surface area contributed by atoms with Crippen LogP contribution in [-0.2, 0) is 34.5 Å². The predicted octanol–water partition coefficient (Wildman–Crippen LogP) is 6.24. The third-order valence-corrected chi connectivity index (χ3v) is 16.6. The number of piperidine rings is 2. The van der Waals surface area contributed by atoms with E-state index in [4.69, 9.17) is 14.7 Å². The van der Waals surface area contributed by atoms with E-state index in [1.54, 1.807) is 61.7 Å². The lowest BCUT2D eigenvalue weighted by atomic mass is 9.89. The molecule has 0 bridgehead atoms. The summed E-state index contributed by atoms with van der Waals surface area (Å²) in [6, 6.07) is 12.8. The number of ether oxygens (including phenoxy) is 1. The minimum atomic E-state index is -1.34. The molecule has 5 aliphatic heterocycles. The molecule has 1 aromatic carbocycles. The lowest BCUT2D eigenvalue weighted by Crippen LogP contribution is -2.57. The molecule has 5 aromatic rings. The number of hydrogen-bond donors (Lipinski definition) is 3. The molecule has 2 atom stereocenters. The van der Waals surface area contributed by atoms with Crippen molar-refractivity contribution in [3.63, 3.8) is 0 Å². The van der Waals surface area contributed by atoms with E-state index in [2.05, 4.69) is 43.3 Å². The van der Waals surface area contributed by atoms with E-state index in [0.29, 0.717) is 52.5 Å². The van der Waals surface area contributed by atoms with Gasteiger partial charge in [0.25, 0.3) is 17.7 Å². The van der Waals surface area contributed by atoms with Crippen molar-refractivity contribution in [1.82, 2.24) is 30.1 Å². The van der Waals surface area contributed by atoms with E-state index in [0.717, 1.165) is 104 Å². The average Bonchev–Trinajstić information content (AvgIpc) is 3.87. The zero-order chi connectivity index (χ0) is 49.3. The Labute approximate surface area is 416 Å². The third kappa shape index (κ3) is 8.48. The second kappa shape index (κ2) is 18.4. The van der Waals surface area contributed by atoms with E-state index >= 15 is 0 Å². The lowest BCUT2D eigenvalue weighted by Gasteiger charge is -2.46. The van der Waals surface area contributed by atoms with Gasteiger partial charge in [-0.05, 0) is 131 Å². The van der Waals surface area contributed by atoms with Crippen LogP contribution < -0.4 is 30.1 Å². The summed E-state index contributed by atoms with van der Waals surface area (Å²) < 4.78 is 5.70. The summed E-state index contributed by atoms with van der Waals surface area (Å²) in [6.07, 6.45) is 12.6. The van der Waals surface area contributed by atoms with Crippen LogP contribution in [-0.4, -0.2) is 124 Å². The number of imide groups is 2. The number of pyridine rings is 3. The van der Waals surface area contributed by atoms with Crippen molar-refractivity contribution < 1.29 is 33.8 Å². The number of methoxy groups -OCH3 is 1. The molecule has 9 heterocycles. The maximum atomic E-state index is 14.2. The number of benzene rings is 1. The van der Waals surface area contributed by atoms with Crippen molar-refractivity contribution in [2.24, 2.45) is 0 Å². The van der Waals surface area contributed by atoms with Gasteiger partial charge in [0.2, 0.25) is 17.7 Å². The standard InChI is InChI=1S/C53H58N10O7S/c1-30-29-60(32-16-20-59(21-17-32)33-9-11-38-39(26-33)51(67)63(50(38)66)41-12-14-44(64)58-48(41)65)23-24-61(30)34-10-13-43(55-28-34)57-40-25-31(27-56-49(40)70-4)35-15-19-54-47(45(35)53(2,3)69)62-22-18-37-36-7-5-6-8-42(36)71-46(37)52(62)68/h9-11,13,15,19,25-28,30,32,41,69H,5-8,12,14,16-18,20-24,29H2,1-4H3,(H,55,57)(H,58,64,65)/t30-,41-/m0/s1. The summed E-state index contributed by atoms with van der Waals surface area (Å²) in [5.41, 5.74) is 6.30. The van der Waals surface area contributed by atoms with E-state index < -0.39 is 35.3 Å². The minimum Gasteiger partial charge on any atom is -0.480 e. The van der Waals surface area contributed by atoms with Crippen LogP contribution in [0.1, 0.15) is 111 Å². The fraction of sp³-hybridized carbons (Fsp3) is 0.434. The number of anilines is 5. The Kier molecular flexibility index (Phi) is 12.1. The van der Waals surface area contributed by atoms with Gasteiger partial charge in [-0.2, -0.15) is 0 Å². The number of piperazine rings is 1. The van der Waals surface area contributed by atoms with Crippen molar-refractivity contribution in [2.45, 2.75) is 102 Å². The highest BCUT2D eigenvalue weighted by molar-refractivity contribution is 7.14. The molecule has 5 amide bonds. The van der Waals surface area contributed by atoms with Crippen molar-refractivity contribution in [1.29, 1.82) is 0 Å². The molecule has 17 nitrogen and oxygen atoms in total. The number of aromatic nitrogens is 3. The van der Waals surface area contributed by atoms with Gasteiger partial charge in [-0.25, -0.2) is 15.0 Å². The van der Waals surface area contributed by atoms with Crippen LogP contribution in [0, 0.1) is 0 Å². The molecule has 3 N–H and O–H groups in total. The number of nitrogens with one attached hydrogen (secondary N) is 2. The van der Waals surface area contributed by atoms with Crippen molar-refractivity contribution in [2.75, 3.05) is 66.4 Å². The summed E-state index contributed by atoms with van der Waals surface area (Å²) in [7, 11) is 1.57. The number of carbonyl (C=O) groups is 5. The number of fused-ring (bicyclic) bond motifs is 4. The third-order valence-electron chi connectivity index (χ3n) is 15.2. The minimum absolute atomic E-state index is 0.0575. The molecular weight excluding hydrogens is 921 g/mol. The average molecular weight is 979 g/mol. The van der Waals surface area contributed by atoms with Gasteiger partial charge in [0.05, 0.1) is 40.6 Å². The highest BCUT2D eigenvalue weighted by Crippen LogP contribution is 2.43. The van der Waals surface area contributed by atoms with Crippen LogP contribution in [0.2, 0.25) is 0 Å². The zero-order valence-electron chi connectivity index (χ0n) is 40.5. The summed E-state index contributed by atoms with van der Waals surface area (Å²) in [4.78, 5) is 91.5. The molecule has 6 aliphatic rings. The van der Waals surface area contributed by atoms with Crippen LogP contribution in [0.3, 0.4) is 0 Å². The van der Waals surface area contributed by atoms with Crippen LogP contribution in [0.25, 0.3) is 11.1 Å². The predicted molar refractivity (Wildman–Crippen MR) is 270 cm³/mol. The van der Waals surface area contributed by atoms with Crippen LogP contribution in [0.15, 0.2) is 61.1 Å². The molecule has 11 rings (SSSR count). The zero-order valence-corrected chi connectivity index (χ0v) is 41.3. The number of aliphatic hydroxyl groups is 1. The van der Waals surface area contributed by atoms with Gasteiger partial charge in [-0.3, -0.25) is 44.0 Å². The van der Waals surface area contributed by atoms with Gasteiger partial charge in [-0.15, -0.1) is 11.3 Å². The second-order valence-electron chi connectivity index (χ2n) is 20.1. The van der Waals surface area contributed by atoms with E-state index in [1.807, 2.05) is 30.5 Å². The van der Waals surface area contributed by atoms with Crippen molar-refractivity contribution in [3.05, 3.63) is 98.6 Å². The molecule has 0 radical (unpaired) electrons. The van der Waals surface area contributed by atoms with Crippen LogP contribution in [0.4, 0.5) is 28.7 Å². The molecule has 0 unspecified atom stereocenters. The topological polar surface area (TPSA) is 194 Å². The van der Waals surface area contributed by atoms with Crippen molar-refractivity contribution >= 4 is 69.6 Å². The highest BCUT2D eigenvalue weighted by Gasteiger charge is 2.45. The summed E-state index contributed by atoms with van der Waals surface area (Å²) in [6.45, 7) is 10.5. The Bertz CT molecular complexity index is 2980. The van der Waals surface area contributed by atoms with E-state index in [-0.39, 0.29) is 30.4 Å². The van der Waals surface area contributed by atoms with Crippen LogP contribution >= 0.6 is 11.3 Å². The Balaban J connectivity index is 0.732. The van der Waals surface area contributed by atoms with Gasteiger partial charge in [0, 0.05) is 91.9 Å². The van der Waals surface area contributed by atoms with Crippen molar-refractivity contribution in [3.8, 4) is 17.0 Å². The molecule has 3 fully saturated rings. The van der Waals surface area contributed by atoms with Gasteiger partial charge in [-0.1, -0.05) is 0 Å². The first kappa shape index (κ1) is 46.6. The maximum Gasteiger partial charge on any atom is 0.269 e. The number of nitrogens with zero attached hydrogens (tertiary/aromatic N) is 8. The van der Waals surface area contributed by atoms with E-state index in [1.165, 1.54) is 16.0 Å². The molecule has 0 saturated carbocycles. The lowest BCUT2D eigenvalue weighted by molar-refractivity contribution is -0.136. The molecule has 368 valence electrons. The molecule has 71 heavy (non-hydrogen) atoms. The largest absolute Gasteiger partial charge is 0.480 e. The monoisotopic (exact) mass is 978 g/mol. The normalized spacial score (nSPS) is 21.1. The first-order valence-electron chi connectivity index (χ1n) is 24.8. The smallest absolute Gasteiger partial charge is 0.269 e. The first-order valence-corrected chi connectivity index (χ1v) is 25.6. The molecule has 0 spiro atoms. The number of hydrogen-bond acceptors (Lipinski definition) is 15. The Morgan fingerprint density at radius 1 is 0.789 bits per heavy atom. The molecule has 4 aromatic heterocycles. The second-order valence-corrected chi connectivity index (χ2v) is 21.2. The Morgan fingerprint density at radius 2 is 1.58 bits per heavy atom. The number of thiophene rings is 1. The molecule has 1 aliphatic carbocycles. The number of rotatable bonds is 10. The summed E-state index contributed by atoms with van der Waals surface area (Å²) in [5.74, 6) is -0.609. The fourth-order valence-electron chi connectivity index (χ4n) is 11.7. The van der Waals surface area contributed by atoms with E-state index in [9.17, 15) is 29.1 Å². The van der Waals surface area contributed by atoms with Crippen LogP contribution in [0.5, 0.6) is 5.88 Å². The fourth-order valence-corrected chi connectivity index (χ4v) is 13.1. The SMILES string of the molecule is COc1ncc(-c2ccnc(N3CCc4c(sc5c4CCCC5)C3=O)c2C(C)(C)O)cc1Nc1ccc(N2CCN(C3CCN(c4ccc5c(c4)C(=O)N([C@H]4CCC(=O)NC4=O)C5=O)CC3)C[C@@H]2C)cn1. The van der Waals surface area contributed by atoms with Gasteiger partial charge in [0.15, 0.2) is 0 Å². The van der Waals surface area contributed by atoms with Gasteiger partial charge >= 0.3 is 0 Å². The Morgan fingerprint density at radius 3 is 2.32 bits per heavy atom. The van der Waals surface area contributed by atoms with Gasteiger partial charge < -0.3 is 25.0 Å². The summed E-state index contributed by atoms with van der Waals surface area (Å²) in [5, 5.41) is 17.4. The highest BCUT2D eigenvalue weighted by atomic mass is 32.1. The number of aryl methyl sites for hydroxylation is 1. The molecule has 3 saturated heterocycles. The quantitative estimate of drug-likeness (QED) is 0.133. The first-order chi connectivity index (χ1) is 34.2. The number of amides is 5. The summed E-state index contributed by atoms with van der Waals surface area (Å²) >= 11 is 1.63. The maximum absolute atomic E-state index is 14.2. The molecule has 18 heteroatoms. The van der Waals surface area contributed by atoms with Gasteiger partial charge in [0.1, 0.15) is 23.4 Å².